The van der Waals surface area contributed by atoms with E-state index in [1.54, 1.807) is 18.4 Å². The number of hydrogen-bond donors (Lipinski definition) is 0. The van der Waals surface area contributed by atoms with E-state index in [9.17, 15) is 4.79 Å². The number of hydrogen-bond acceptors (Lipinski definition) is 6. The van der Waals surface area contributed by atoms with Crippen LogP contribution in [0.2, 0.25) is 0 Å². The van der Waals surface area contributed by atoms with Crippen molar-refractivity contribution in [2.24, 2.45) is 0 Å². The average molecular weight is 338 g/mol. The summed E-state index contributed by atoms with van der Waals surface area (Å²) >= 11 is 0. The standard InChI is InChI=1S/C18H18N4O3/c23-18(14-5-2-1-3-6-14)22-10-8-21(9-11-22)13-16-19-20-17(25-16)15-7-4-12-24-15/h1-7,12H,8-11,13H2. The molecule has 0 N–H and O–H groups in total. The highest BCUT2D eigenvalue weighted by Crippen LogP contribution is 2.19. The zero-order valence-electron chi connectivity index (χ0n) is 13.7. The van der Waals surface area contributed by atoms with Crippen molar-refractivity contribution < 1.29 is 13.6 Å². The summed E-state index contributed by atoms with van der Waals surface area (Å²) < 4.78 is 10.9. The smallest absolute Gasteiger partial charge is 0.283 e. The molecular weight excluding hydrogens is 320 g/mol. The van der Waals surface area contributed by atoms with E-state index in [2.05, 4.69) is 15.1 Å². The highest BCUT2D eigenvalue weighted by Gasteiger charge is 2.23. The van der Waals surface area contributed by atoms with Crippen LogP contribution in [0.4, 0.5) is 0 Å². The normalized spacial score (nSPS) is 15.4. The zero-order chi connectivity index (χ0) is 17.1. The predicted octanol–water partition coefficient (Wildman–Crippen LogP) is 2.29. The number of benzene rings is 1. The molecule has 0 saturated carbocycles. The zero-order valence-corrected chi connectivity index (χ0v) is 13.7. The van der Waals surface area contributed by atoms with Crippen molar-refractivity contribution in [2.45, 2.75) is 6.54 Å². The lowest BCUT2D eigenvalue weighted by molar-refractivity contribution is 0.0618. The summed E-state index contributed by atoms with van der Waals surface area (Å²) in [5.74, 6) is 1.59. The van der Waals surface area contributed by atoms with E-state index in [-0.39, 0.29) is 5.91 Å². The molecule has 128 valence electrons. The van der Waals surface area contributed by atoms with Crippen molar-refractivity contribution in [3.8, 4) is 11.7 Å². The van der Waals surface area contributed by atoms with Crippen molar-refractivity contribution in [1.29, 1.82) is 0 Å². The number of nitrogens with zero attached hydrogens (tertiary/aromatic N) is 4. The molecule has 7 heteroatoms. The molecule has 0 unspecified atom stereocenters. The monoisotopic (exact) mass is 338 g/mol. The van der Waals surface area contributed by atoms with E-state index in [4.69, 9.17) is 8.83 Å². The summed E-state index contributed by atoms with van der Waals surface area (Å²) in [6, 6.07) is 12.9. The second-order valence-electron chi connectivity index (χ2n) is 5.91. The van der Waals surface area contributed by atoms with E-state index in [0.717, 1.165) is 18.7 Å². The van der Waals surface area contributed by atoms with Gasteiger partial charge in [0.05, 0.1) is 12.8 Å². The Hall–Kier alpha value is -2.93. The molecule has 4 rings (SSSR count). The van der Waals surface area contributed by atoms with E-state index < -0.39 is 0 Å². The van der Waals surface area contributed by atoms with Gasteiger partial charge in [-0.3, -0.25) is 9.69 Å². The topological polar surface area (TPSA) is 75.6 Å². The SMILES string of the molecule is O=C(c1ccccc1)N1CCN(Cc2nnc(-c3ccco3)o2)CC1. The minimum atomic E-state index is 0.0816. The maximum atomic E-state index is 12.5. The molecule has 0 bridgehead atoms. The second kappa shape index (κ2) is 6.90. The Kier molecular flexibility index (Phi) is 4.30. The third-order valence-electron chi connectivity index (χ3n) is 4.24. The summed E-state index contributed by atoms with van der Waals surface area (Å²) in [4.78, 5) is 16.5. The Morgan fingerprint density at radius 1 is 1.00 bits per heavy atom. The lowest BCUT2D eigenvalue weighted by atomic mass is 10.2. The van der Waals surface area contributed by atoms with Crippen LogP contribution in [-0.2, 0) is 6.54 Å². The maximum Gasteiger partial charge on any atom is 0.283 e. The van der Waals surface area contributed by atoms with Crippen LogP contribution in [0.3, 0.4) is 0 Å². The number of furan rings is 1. The van der Waals surface area contributed by atoms with Gasteiger partial charge in [-0.2, -0.15) is 0 Å². The predicted molar refractivity (Wildman–Crippen MR) is 89.6 cm³/mol. The molecule has 0 atom stereocenters. The van der Waals surface area contributed by atoms with Crippen molar-refractivity contribution in [3.63, 3.8) is 0 Å². The Balaban J connectivity index is 1.33. The highest BCUT2D eigenvalue weighted by atomic mass is 16.4. The van der Waals surface area contributed by atoms with Crippen molar-refractivity contribution >= 4 is 5.91 Å². The minimum absolute atomic E-state index is 0.0816. The molecule has 7 nitrogen and oxygen atoms in total. The van der Waals surface area contributed by atoms with Gasteiger partial charge >= 0.3 is 0 Å². The van der Waals surface area contributed by atoms with Gasteiger partial charge in [0.15, 0.2) is 5.76 Å². The first-order valence-electron chi connectivity index (χ1n) is 8.22. The van der Waals surface area contributed by atoms with Gasteiger partial charge in [0.25, 0.3) is 11.8 Å². The molecule has 3 heterocycles. The van der Waals surface area contributed by atoms with Gasteiger partial charge in [-0.05, 0) is 24.3 Å². The molecule has 1 amide bonds. The van der Waals surface area contributed by atoms with Crippen LogP contribution < -0.4 is 0 Å². The van der Waals surface area contributed by atoms with Gasteiger partial charge in [-0.15, -0.1) is 10.2 Å². The molecule has 1 aliphatic heterocycles. The Bertz CT molecular complexity index is 821. The van der Waals surface area contributed by atoms with Gasteiger partial charge in [0.1, 0.15) is 0 Å². The number of piperazine rings is 1. The van der Waals surface area contributed by atoms with Crippen LogP contribution in [0.5, 0.6) is 0 Å². The average Bonchev–Trinajstić information content (AvgIpc) is 3.34. The molecule has 0 spiro atoms. The molecule has 0 aliphatic carbocycles. The van der Waals surface area contributed by atoms with Gasteiger partial charge in [-0.1, -0.05) is 18.2 Å². The molecular formula is C18H18N4O3. The Morgan fingerprint density at radius 2 is 1.80 bits per heavy atom. The number of carbonyl (C=O) groups is 1. The largest absolute Gasteiger partial charge is 0.459 e. The van der Waals surface area contributed by atoms with Crippen LogP contribution in [0, 0.1) is 0 Å². The van der Waals surface area contributed by atoms with Gasteiger partial charge in [0, 0.05) is 31.7 Å². The second-order valence-corrected chi connectivity index (χ2v) is 5.91. The summed E-state index contributed by atoms with van der Waals surface area (Å²) in [7, 11) is 0. The summed E-state index contributed by atoms with van der Waals surface area (Å²) in [6.45, 7) is 3.50. The first-order chi connectivity index (χ1) is 12.3. The van der Waals surface area contributed by atoms with E-state index in [1.807, 2.05) is 35.2 Å². The van der Waals surface area contributed by atoms with Gasteiger partial charge in [-0.25, -0.2) is 0 Å². The fraction of sp³-hybridized carbons (Fsp3) is 0.278. The number of amides is 1. The number of aromatic nitrogens is 2. The first-order valence-corrected chi connectivity index (χ1v) is 8.22. The molecule has 25 heavy (non-hydrogen) atoms. The van der Waals surface area contributed by atoms with E-state index in [1.165, 1.54) is 0 Å². The molecule has 1 saturated heterocycles. The third-order valence-corrected chi connectivity index (χ3v) is 4.24. The number of rotatable bonds is 4. The fourth-order valence-corrected chi connectivity index (χ4v) is 2.88. The molecule has 1 aliphatic rings. The lowest BCUT2D eigenvalue weighted by Gasteiger charge is -2.34. The third kappa shape index (κ3) is 3.46. The maximum absolute atomic E-state index is 12.5. The van der Waals surface area contributed by atoms with Crippen molar-refractivity contribution in [1.82, 2.24) is 20.0 Å². The molecule has 2 aromatic heterocycles. The highest BCUT2D eigenvalue weighted by molar-refractivity contribution is 5.94. The van der Waals surface area contributed by atoms with Crippen LogP contribution >= 0.6 is 0 Å². The van der Waals surface area contributed by atoms with Crippen molar-refractivity contribution in [3.05, 3.63) is 60.2 Å². The van der Waals surface area contributed by atoms with Crippen LogP contribution in [0.25, 0.3) is 11.7 Å². The molecule has 0 radical (unpaired) electrons. The summed E-state index contributed by atoms with van der Waals surface area (Å²) in [5.41, 5.74) is 0.732. The summed E-state index contributed by atoms with van der Waals surface area (Å²) in [6.07, 6.45) is 1.57. The summed E-state index contributed by atoms with van der Waals surface area (Å²) in [5, 5.41) is 8.07. The van der Waals surface area contributed by atoms with E-state index in [0.29, 0.717) is 37.2 Å². The molecule has 1 fully saturated rings. The van der Waals surface area contributed by atoms with Crippen LogP contribution in [0.15, 0.2) is 57.6 Å². The Labute approximate surface area is 144 Å². The fourth-order valence-electron chi connectivity index (χ4n) is 2.88. The minimum Gasteiger partial charge on any atom is -0.459 e. The van der Waals surface area contributed by atoms with Crippen LogP contribution in [0.1, 0.15) is 16.2 Å². The van der Waals surface area contributed by atoms with Gasteiger partial charge < -0.3 is 13.7 Å². The van der Waals surface area contributed by atoms with Gasteiger partial charge in [0.2, 0.25) is 5.89 Å². The lowest BCUT2D eigenvalue weighted by Crippen LogP contribution is -2.48. The molecule has 3 aromatic rings. The first kappa shape index (κ1) is 15.6. The van der Waals surface area contributed by atoms with E-state index >= 15 is 0 Å². The number of carbonyl (C=O) groups excluding carboxylic acids is 1. The molecule has 1 aromatic carbocycles. The van der Waals surface area contributed by atoms with Crippen LogP contribution in [-0.4, -0.2) is 52.1 Å². The van der Waals surface area contributed by atoms with Crippen molar-refractivity contribution in [2.75, 3.05) is 26.2 Å². The quantitative estimate of drug-likeness (QED) is 0.726. The Morgan fingerprint density at radius 3 is 2.52 bits per heavy atom.